The molecule has 0 unspecified atom stereocenters. The minimum atomic E-state index is -3.53. The Balaban J connectivity index is 1.99. The third-order valence-electron chi connectivity index (χ3n) is 3.71. The van der Waals surface area contributed by atoms with Crippen molar-refractivity contribution in [3.05, 3.63) is 17.7 Å². The summed E-state index contributed by atoms with van der Waals surface area (Å²) in [5, 5.41) is 0. The summed E-state index contributed by atoms with van der Waals surface area (Å²) in [7, 11) is -3.53. The lowest BCUT2D eigenvalue weighted by atomic mass is 10.1. The van der Waals surface area contributed by atoms with Crippen molar-refractivity contribution in [2.24, 2.45) is 5.73 Å². The standard InChI is InChI=1S/C13H18N2O4S/c1-9-5-11-12(19-8-18-11)6-13(9)20(16,17)15-4-2-3-10(14)7-15/h5-6,10H,2-4,7-8,14H2,1H3/t10-/m0/s1. The maximum Gasteiger partial charge on any atom is 0.243 e. The Morgan fingerprint density at radius 2 is 2.00 bits per heavy atom. The van der Waals surface area contributed by atoms with Crippen molar-refractivity contribution in [1.82, 2.24) is 4.31 Å². The molecule has 2 aliphatic rings. The van der Waals surface area contributed by atoms with Crippen molar-refractivity contribution in [3.8, 4) is 11.5 Å². The van der Waals surface area contributed by atoms with Gasteiger partial charge < -0.3 is 15.2 Å². The second-order valence-electron chi connectivity index (χ2n) is 5.24. The largest absolute Gasteiger partial charge is 0.454 e. The molecule has 0 amide bonds. The monoisotopic (exact) mass is 298 g/mol. The van der Waals surface area contributed by atoms with Gasteiger partial charge in [0.1, 0.15) is 0 Å². The molecule has 2 aliphatic heterocycles. The molecule has 2 heterocycles. The lowest BCUT2D eigenvalue weighted by Gasteiger charge is -2.30. The zero-order valence-electron chi connectivity index (χ0n) is 11.3. The average Bonchev–Trinajstić information content (AvgIpc) is 2.84. The predicted molar refractivity (Wildman–Crippen MR) is 73.3 cm³/mol. The van der Waals surface area contributed by atoms with Gasteiger partial charge in [0.05, 0.1) is 4.90 Å². The van der Waals surface area contributed by atoms with E-state index in [1.165, 1.54) is 4.31 Å². The first-order chi connectivity index (χ1) is 9.48. The number of rotatable bonds is 2. The van der Waals surface area contributed by atoms with Crippen LogP contribution in [0.4, 0.5) is 0 Å². The van der Waals surface area contributed by atoms with E-state index in [4.69, 9.17) is 15.2 Å². The van der Waals surface area contributed by atoms with Crippen molar-refractivity contribution in [3.63, 3.8) is 0 Å². The summed E-state index contributed by atoms with van der Waals surface area (Å²) in [5.74, 6) is 1.08. The van der Waals surface area contributed by atoms with Gasteiger partial charge in [-0.15, -0.1) is 0 Å². The molecule has 0 saturated carbocycles. The number of sulfonamides is 1. The lowest BCUT2D eigenvalue weighted by molar-refractivity contribution is 0.174. The molecule has 110 valence electrons. The second-order valence-corrected chi connectivity index (χ2v) is 7.14. The molecule has 0 radical (unpaired) electrons. The third kappa shape index (κ3) is 2.25. The van der Waals surface area contributed by atoms with E-state index in [-0.39, 0.29) is 17.7 Å². The lowest BCUT2D eigenvalue weighted by Crippen LogP contribution is -2.45. The van der Waals surface area contributed by atoms with Gasteiger partial charge >= 0.3 is 0 Å². The zero-order chi connectivity index (χ0) is 14.3. The number of aryl methyl sites for hydroxylation is 1. The van der Waals surface area contributed by atoms with Crippen LogP contribution in [0.3, 0.4) is 0 Å². The van der Waals surface area contributed by atoms with E-state index in [9.17, 15) is 8.42 Å². The fourth-order valence-corrected chi connectivity index (χ4v) is 4.39. The van der Waals surface area contributed by atoms with Gasteiger partial charge in [0.2, 0.25) is 16.8 Å². The molecule has 1 fully saturated rings. The Hall–Kier alpha value is -1.31. The molecule has 2 N–H and O–H groups in total. The summed E-state index contributed by atoms with van der Waals surface area (Å²) in [6.07, 6.45) is 1.66. The highest BCUT2D eigenvalue weighted by Crippen LogP contribution is 2.37. The molecule has 1 atom stereocenters. The van der Waals surface area contributed by atoms with Gasteiger partial charge in [0, 0.05) is 25.2 Å². The molecule has 0 aliphatic carbocycles. The van der Waals surface area contributed by atoms with Crippen molar-refractivity contribution in [2.45, 2.75) is 30.7 Å². The molecular weight excluding hydrogens is 280 g/mol. The highest BCUT2D eigenvalue weighted by Gasteiger charge is 2.31. The summed E-state index contributed by atoms with van der Waals surface area (Å²) >= 11 is 0. The molecule has 6 nitrogen and oxygen atoms in total. The van der Waals surface area contributed by atoms with Crippen LogP contribution in [0.2, 0.25) is 0 Å². The number of fused-ring (bicyclic) bond motifs is 1. The average molecular weight is 298 g/mol. The zero-order valence-corrected chi connectivity index (χ0v) is 12.1. The molecule has 1 aromatic rings. The minimum absolute atomic E-state index is 0.0900. The molecule has 7 heteroatoms. The van der Waals surface area contributed by atoms with Crippen molar-refractivity contribution < 1.29 is 17.9 Å². The SMILES string of the molecule is Cc1cc2c(cc1S(=O)(=O)N1CCC[C@H](N)C1)OCO2. The van der Waals surface area contributed by atoms with E-state index in [0.717, 1.165) is 12.8 Å². The fourth-order valence-electron chi connectivity index (χ4n) is 2.63. The molecule has 1 saturated heterocycles. The second kappa shape index (κ2) is 4.91. The summed E-state index contributed by atoms with van der Waals surface area (Å²) < 4.78 is 37.4. The van der Waals surface area contributed by atoms with Gasteiger partial charge in [0.15, 0.2) is 11.5 Å². The van der Waals surface area contributed by atoms with Crippen LogP contribution in [-0.4, -0.2) is 38.6 Å². The minimum Gasteiger partial charge on any atom is -0.454 e. The number of hydrogen-bond donors (Lipinski definition) is 1. The summed E-state index contributed by atoms with van der Waals surface area (Å²) in [6, 6.07) is 3.17. The number of hydrogen-bond acceptors (Lipinski definition) is 5. The molecule has 20 heavy (non-hydrogen) atoms. The number of ether oxygens (including phenoxy) is 2. The van der Waals surface area contributed by atoms with Crippen LogP contribution in [0.25, 0.3) is 0 Å². The maximum atomic E-state index is 12.7. The molecule has 0 aromatic heterocycles. The Morgan fingerprint density at radius 3 is 2.70 bits per heavy atom. The highest BCUT2D eigenvalue weighted by molar-refractivity contribution is 7.89. The van der Waals surface area contributed by atoms with Gasteiger partial charge in [-0.2, -0.15) is 4.31 Å². The quantitative estimate of drug-likeness (QED) is 0.875. The molecule has 3 rings (SSSR count). The van der Waals surface area contributed by atoms with Gasteiger partial charge in [-0.05, 0) is 31.4 Å². The maximum absolute atomic E-state index is 12.7. The third-order valence-corrected chi connectivity index (χ3v) is 5.72. The van der Waals surface area contributed by atoms with Crippen LogP contribution in [0.15, 0.2) is 17.0 Å². The van der Waals surface area contributed by atoms with Crippen molar-refractivity contribution >= 4 is 10.0 Å². The summed E-state index contributed by atoms with van der Waals surface area (Å²) in [4.78, 5) is 0.274. The van der Waals surface area contributed by atoms with Crippen LogP contribution in [0, 0.1) is 6.92 Å². The van der Waals surface area contributed by atoms with E-state index in [1.54, 1.807) is 19.1 Å². The number of nitrogens with zero attached hydrogens (tertiary/aromatic N) is 1. The van der Waals surface area contributed by atoms with Gasteiger partial charge in [0.25, 0.3) is 0 Å². The normalized spacial score (nSPS) is 23.0. The van der Waals surface area contributed by atoms with Crippen LogP contribution < -0.4 is 15.2 Å². The smallest absolute Gasteiger partial charge is 0.243 e. The first-order valence-corrected chi connectivity index (χ1v) is 8.08. The van der Waals surface area contributed by atoms with Gasteiger partial charge in [-0.25, -0.2) is 8.42 Å². The van der Waals surface area contributed by atoms with E-state index >= 15 is 0 Å². The Morgan fingerprint density at radius 1 is 1.30 bits per heavy atom. The summed E-state index contributed by atoms with van der Waals surface area (Å²) in [5.41, 5.74) is 6.54. The predicted octanol–water partition coefficient (Wildman–Crippen LogP) is 0.836. The first kappa shape index (κ1) is 13.7. The van der Waals surface area contributed by atoms with Crippen LogP contribution in [-0.2, 0) is 10.0 Å². The molecule has 0 spiro atoms. The van der Waals surface area contributed by atoms with Gasteiger partial charge in [-0.1, -0.05) is 0 Å². The van der Waals surface area contributed by atoms with Gasteiger partial charge in [-0.3, -0.25) is 0 Å². The highest BCUT2D eigenvalue weighted by atomic mass is 32.2. The number of nitrogens with two attached hydrogens (primary N) is 1. The van der Waals surface area contributed by atoms with Crippen molar-refractivity contribution in [1.29, 1.82) is 0 Å². The molecular formula is C13H18N2O4S. The Bertz CT molecular complexity index is 630. The van der Waals surface area contributed by atoms with E-state index in [1.807, 2.05) is 0 Å². The van der Waals surface area contributed by atoms with Crippen LogP contribution >= 0.6 is 0 Å². The Kier molecular flexibility index (Phi) is 3.35. The number of benzene rings is 1. The summed E-state index contributed by atoms with van der Waals surface area (Å²) in [6.45, 7) is 2.78. The van der Waals surface area contributed by atoms with E-state index < -0.39 is 10.0 Å². The first-order valence-electron chi connectivity index (χ1n) is 6.64. The van der Waals surface area contributed by atoms with Crippen molar-refractivity contribution in [2.75, 3.05) is 19.9 Å². The molecule has 0 bridgehead atoms. The molecule has 1 aromatic carbocycles. The van der Waals surface area contributed by atoms with Crippen LogP contribution in [0.5, 0.6) is 11.5 Å². The van der Waals surface area contributed by atoms with E-state index in [0.29, 0.717) is 30.2 Å². The number of piperidine rings is 1. The topological polar surface area (TPSA) is 81.9 Å². The fraction of sp³-hybridized carbons (Fsp3) is 0.538. The van der Waals surface area contributed by atoms with E-state index in [2.05, 4.69) is 0 Å². The Labute approximate surface area is 118 Å². The van der Waals surface area contributed by atoms with Crippen LogP contribution in [0.1, 0.15) is 18.4 Å².